The summed E-state index contributed by atoms with van der Waals surface area (Å²) in [6.45, 7) is 5.73. The number of rotatable bonds is 0. The van der Waals surface area contributed by atoms with E-state index in [0.29, 0.717) is 6.04 Å². The third-order valence-corrected chi connectivity index (χ3v) is 4.01. The van der Waals surface area contributed by atoms with Crippen molar-refractivity contribution in [2.24, 2.45) is 0 Å². The first-order chi connectivity index (χ1) is 7.73. The van der Waals surface area contributed by atoms with Crippen LogP contribution >= 0.6 is 12.4 Å². The van der Waals surface area contributed by atoms with Gasteiger partial charge in [0.1, 0.15) is 6.04 Å². The zero-order valence-corrected chi connectivity index (χ0v) is 10.9. The number of carbonyl (C=O) groups is 1. The topological polar surface area (TPSA) is 53.6 Å². The molecule has 0 aromatic carbocycles. The number of nitrogens with zero attached hydrogens (tertiary/aromatic N) is 1. The zero-order chi connectivity index (χ0) is 11.2. The average molecular weight is 262 g/mol. The van der Waals surface area contributed by atoms with Gasteiger partial charge in [-0.3, -0.25) is 4.79 Å². The number of piperazine rings is 1. The number of carbonyl (C=O) groups excluding carboxylic acids is 1. The number of hydrogen-bond acceptors (Lipinski definition) is 5. The molecule has 3 heterocycles. The van der Waals surface area contributed by atoms with Crippen molar-refractivity contribution in [2.45, 2.75) is 37.6 Å². The van der Waals surface area contributed by atoms with Gasteiger partial charge >= 0.3 is 5.97 Å². The highest BCUT2D eigenvalue weighted by Gasteiger charge is 2.56. The molecule has 5 nitrogen and oxygen atoms in total. The van der Waals surface area contributed by atoms with Crippen LogP contribution in [0.3, 0.4) is 0 Å². The molecule has 3 rings (SSSR count). The van der Waals surface area contributed by atoms with Gasteiger partial charge in [0, 0.05) is 45.1 Å². The number of hydrogen-bond donors (Lipinski definition) is 2. The number of halogens is 1. The Morgan fingerprint density at radius 3 is 2.71 bits per heavy atom. The second kappa shape index (κ2) is 4.72. The highest BCUT2D eigenvalue weighted by Crippen LogP contribution is 2.38. The Balaban J connectivity index is 0.00000108. The van der Waals surface area contributed by atoms with Crippen LogP contribution < -0.4 is 10.6 Å². The van der Waals surface area contributed by atoms with Crippen LogP contribution in [0.2, 0.25) is 0 Å². The van der Waals surface area contributed by atoms with Crippen molar-refractivity contribution in [3.8, 4) is 0 Å². The van der Waals surface area contributed by atoms with Crippen LogP contribution in [0.25, 0.3) is 0 Å². The molecule has 1 spiro atoms. The molecule has 0 aromatic rings. The molecule has 0 aliphatic carbocycles. The summed E-state index contributed by atoms with van der Waals surface area (Å²) in [6.07, 6.45) is 1.83. The van der Waals surface area contributed by atoms with Gasteiger partial charge in [-0.05, 0) is 6.92 Å². The molecule has 98 valence electrons. The lowest BCUT2D eigenvalue weighted by molar-refractivity contribution is -0.160. The van der Waals surface area contributed by atoms with E-state index in [0.717, 1.165) is 39.0 Å². The Labute approximate surface area is 108 Å². The first-order valence-electron chi connectivity index (χ1n) is 6.16. The highest BCUT2D eigenvalue weighted by molar-refractivity contribution is 5.85. The van der Waals surface area contributed by atoms with Crippen LogP contribution in [0.1, 0.15) is 19.8 Å². The Kier molecular flexibility index (Phi) is 3.63. The van der Waals surface area contributed by atoms with Crippen LogP contribution in [0.4, 0.5) is 0 Å². The summed E-state index contributed by atoms with van der Waals surface area (Å²) >= 11 is 0. The van der Waals surface area contributed by atoms with Gasteiger partial charge < -0.3 is 15.4 Å². The smallest absolute Gasteiger partial charge is 0.326 e. The summed E-state index contributed by atoms with van der Waals surface area (Å²) in [7, 11) is 0. The number of nitrogens with one attached hydrogen (secondary N) is 2. The van der Waals surface area contributed by atoms with Gasteiger partial charge in [-0.25, -0.2) is 4.90 Å². The van der Waals surface area contributed by atoms with Crippen LogP contribution in [-0.2, 0) is 9.53 Å². The molecule has 0 amide bonds. The maximum absolute atomic E-state index is 11.9. The van der Waals surface area contributed by atoms with Gasteiger partial charge in [-0.15, -0.1) is 12.4 Å². The normalized spacial score (nSPS) is 36.2. The molecular weight excluding hydrogens is 242 g/mol. The summed E-state index contributed by atoms with van der Waals surface area (Å²) < 4.78 is 5.71. The molecule has 3 fully saturated rings. The molecule has 17 heavy (non-hydrogen) atoms. The number of piperidine rings is 1. The van der Waals surface area contributed by atoms with Gasteiger partial charge in [-0.2, -0.15) is 0 Å². The predicted molar refractivity (Wildman–Crippen MR) is 66.1 cm³/mol. The molecule has 2 unspecified atom stereocenters. The van der Waals surface area contributed by atoms with Crippen LogP contribution in [0.5, 0.6) is 0 Å². The molecule has 3 aliphatic heterocycles. The standard InChI is InChI=1S/C11H19N3O2.ClH/c1-8-6-13-7-9-10(15)16-11(14(8)9)2-4-12-5-3-11;/h8-9,12-13H,2-7H2,1H3;1H. The summed E-state index contributed by atoms with van der Waals surface area (Å²) in [5, 5.41) is 6.63. The summed E-state index contributed by atoms with van der Waals surface area (Å²) in [6, 6.07) is 0.310. The van der Waals surface area contributed by atoms with Crippen molar-refractivity contribution in [3.63, 3.8) is 0 Å². The third kappa shape index (κ3) is 1.95. The Hall–Kier alpha value is -0.360. The van der Waals surface area contributed by atoms with Crippen molar-refractivity contribution in [1.29, 1.82) is 0 Å². The third-order valence-electron chi connectivity index (χ3n) is 4.01. The van der Waals surface area contributed by atoms with E-state index in [1.54, 1.807) is 0 Å². The summed E-state index contributed by atoms with van der Waals surface area (Å²) in [5.74, 6) is -0.0408. The molecule has 2 atom stereocenters. The molecule has 3 saturated heterocycles. The number of ether oxygens (including phenoxy) is 1. The molecule has 0 radical (unpaired) electrons. The lowest BCUT2D eigenvalue weighted by atomic mass is 9.96. The highest BCUT2D eigenvalue weighted by atomic mass is 35.5. The Morgan fingerprint density at radius 1 is 1.29 bits per heavy atom. The van der Waals surface area contributed by atoms with Crippen molar-refractivity contribution < 1.29 is 9.53 Å². The van der Waals surface area contributed by atoms with Crippen molar-refractivity contribution >= 4 is 18.4 Å². The average Bonchev–Trinajstić information content (AvgIpc) is 2.55. The minimum atomic E-state index is -0.311. The monoisotopic (exact) mass is 261 g/mol. The largest absolute Gasteiger partial charge is 0.442 e. The van der Waals surface area contributed by atoms with Gasteiger partial charge in [0.25, 0.3) is 0 Å². The van der Waals surface area contributed by atoms with E-state index in [-0.39, 0.29) is 30.1 Å². The molecule has 0 aromatic heterocycles. The maximum Gasteiger partial charge on any atom is 0.326 e. The van der Waals surface area contributed by atoms with Crippen LogP contribution in [0, 0.1) is 0 Å². The molecule has 0 bridgehead atoms. The van der Waals surface area contributed by atoms with E-state index in [4.69, 9.17) is 4.74 Å². The van der Waals surface area contributed by atoms with Gasteiger partial charge in [0.15, 0.2) is 5.72 Å². The van der Waals surface area contributed by atoms with Crippen LogP contribution in [-0.4, -0.2) is 54.9 Å². The minimum absolute atomic E-state index is 0. The molecule has 3 aliphatic rings. The van der Waals surface area contributed by atoms with Crippen molar-refractivity contribution in [2.75, 3.05) is 26.2 Å². The number of fused-ring (bicyclic) bond motifs is 2. The van der Waals surface area contributed by atoms with Gasteiger partial charge in [0.2, 0.25) is 0 Å². The Morgan fingerprint density at radius 2 is 2.00 bits per heavy atom. The first kappa shape index (κ1) is 13.1. The van der Waals surface area contributed by atoms with E-state index >= 15 is 0 Å². The van der Waals surface area contributed by atoms with E-state index < -0.39 is 0 Å². The van der Waals surface area contributed by atoms with Gasteiger partial charge in [0.05, 0.1) is 0 Å². The van der Waals surface area contributed by atoms with Crippen LogP contribution in [0.15, 0.2) is 0 Å². The van der Waals surface area contributed by atoms with Crippen molar-refractivity contribution in [1.82, 2.24) is 15.5 Å². The summed E-state index contributed by atoms with van der Waals surface area (Å²) in [5.41, 5.74) is -0.311. The number of esters is 1. The lowest BCUT2D eigenvalue weighted by Gasteiger charge is -2.45. The van der Waals surface area contributed by atoms with E-state index in [1.807, 2.05) is 0 Å². The molecule has 0 saturated carbocycles. The molecule has 2 N–H and O–H groups in total. The maximum atomic E-state index is 11.9. The zero-order valence-electron chi connectivity index (χ0n) is 10.1. The molecule has 6 heteroatoms. The fourth-order valence-electron chi connectivity index (χ4n) is 3.30. The quantitative estimate of drug-likeness (QED) is 0.587. The van der Waals surface area contributed by atoms with Gasteiger partial charge in [-0.1, -0.05) is 0 Å². The minimum Gasteiger partial charge on any atom is -0.442 e. The fourth-order valence-corrected chi connectivity index (χ4v) is 3.30. The second-order valence-electron chi connectivity index (χ2n) is 5.05. The van der Waals surface area contributed by atoms with Crippen molar-refractivity contribution in [3.05, 3.63) is 0 Å². The van der Waals surface area contributed by atoms with E-state index in [1.165, 1.54) is 0 Å². The molecular formula is C11H20ClN3O2. The Bertz CT molecular complexity index is 307. The predicted octanol–water partition coefficient (Wildman–Crippen LogP) is -0.293. The first-order valence-corrected chi connectivity index (χ1v) is 6.16. The van der Waals surface area contributed by atoms with E-state index in [2.05, 4.69) is 22.5 Å². The van der Waals surface area contributed by atoms with E-state index in [9.17, 15) is 4.79 Å². The lowest BCUT2D eigenvalue weighted by Crippen LogP contribution is -2.63. The summed E-state index contributed by atoms with van der Waals surface area (Å²) in [4.78, 5) is 14.2. The SMILES string of the molecule is CC1CNCC2C(=O)OC3(CCNCC3)N12.Cl. The second-order valence-corrected chi connectivity index (χ2v) is 5.05. The fraction of sp³-hybridized carbons (Fsp3) is 0.909.